The zero-order chi connectivity index (χ0) is 26.8. The van der Waals surface area contributed by atoms with Gasteiger partial charge in [0.25, 0.3) is 5.91 Å². The molecule has 0 spiro atoms. The molecular weight excluding hydrogens is 510 g/mol. The lowest BCUT2D eigenvalue weighted by Crippen LogP contribution is -2.47. The average molecular weight is 544 g/mol. The summed E-state index contributed by atoms with van der Waals surface area (Å²) in [6.07, 6.45) is 5.41. The Morgan fingerprint density at radius 1 is 1.03 bits per heavy atom. The predicted molar refractivity (Wildman–Crippen MR) is 155 cm³/mol. The topological polar surface area (TPSA) is 90.8 Å². The largest absolute Gasteiger partial charge is 0.457 e. The molecule has 1 amide bonds. The summed E-state index contributed by atoms with van der Waals surface area (Å²) in [5, 5.41) is 14.6. The molecule has 1 saturated heterocycles. The number of likely N-dealkylation sites (N-methyl/N-ethyl adjacent to an activating group) is 1. The van der Waals surface area contributed by atoms with E-state index in [1.54, 1.807) is 17.5 Å². The van der Waals surface area contributed by atoms with Crippen molar-refractivity contribution in [1.29, 1.82) is 0 Å². The van der Waals surface area contributed by atoms with E-state index in [-0.39, 0.29) is 18.1 Å². The molecule has 202 valence electrons. The first-order chi connectivity index (χ1) is 19.0. The van der Waals surface area contributed by atoms with Gasteiger partial charge in [-0.1, -0.05) is 36.3 Å². The number of hydrogen-bond donors (Lipinski definition) is 2. The lowest BCUT2D eigenvalue weighted by Gasteiger charge is -2.32. The number of carbonyl (C=O) groups is 1. The molecule has 1 saturated carbocycles. The molecule has 9 heteroatoms. The van der Waals surface area contributed by atoms with Gasteiger partial charge in [-0.15, -0.1) is 0 Å². The van der Waals surface area contributed by atoms with Crippen molar-refractivity contribution in [3.63, 3.8) is 0 Å². The Kier molecular flexibility index (Phi) is 7.45. The predicted octanol–water partition coefficient (Wildman–Crippen LogP) is 5.25. The summed E-state index contributed by atoms with van der Waals surface area (Å²) >= 11 is 1.57. The van der Waals surface area contributed by atoms with Crippen molar-refractivity contribution in [2.45, 2.75) is 37.8 Å². The number of benzene rings is 2. The van der Waals surface area contributed by atoms with Gasteiger partial charge in [0.1, 0.15) is 11.5 Å². The highest BCUT2D eigenvalue weighted by Crippen LogP contribution is 2.33. The number of aromatic nitrogens is 2. The quantitative estimate of drug-likeness (QED) is 0.343. The monoisotopic (exact) mass is 543 g/mol. The van der Waals surface area contributed by atoms with Crippen LogP contribution in [0.1, 0.15) is 36.0 Å². The number of anilines is 1. The summed E-state index contributed by atoms with van der Waals surface area (Å²) in [6, 6.07) is 17.3. The van der Waals surface area contributed by atoms with Crippen molar-refractivity contribution in [2.75, 3.05) is 38.5 Å². The molecule has 1 aliphatic carbocycles. The van der Waals surface area contributed by atoms with Crippen LogP contribution in [0.2, 0.25) is 0 Å². The van der Waals surface area contributed by atoms with Crippen LogP contribution in [-0.4, -0.2) is 76.2 Å². The number of rotatable bonds is 6. The van der Waals surface area contributed by atoms with Crippen molar-refractivity contribution in [1.82, 2.24) is 19.8 Å². The van der Waals surface area contributed by atoms with Gasteiger partial charge in [-0.25, -0.2) is 4.98 Å². The first kappa shape index (κ1) is 25.7. The smallest absolute Gasteiger partial charge is 0.253 e. The van der Waals surface area contributed by atoms with E-state index < -0.39 is 0 Å². The van der Waals surface area contributed by atoms with E-state index in [4.69, 9.17) is 9.72 Å². The molecule has 2 N–H and O–H groups in total. The number of amides is 1. The van der Waals surface area contributed by atoms with Gasteiger partial charge in [0.15, 0.2) is 5.13 Å². The summed E-state index contributed by atoms with van der Waals surface area (Å²) in [4.78, 5) is 26.5. The zero-order valence-electron chi connectivity index (χ0n) is 22.0. The van der Waals surface area contributed by atoms with E-state index in [1.807, 2.05) is 59.5 Å². The Hall–Kier alpha value is -3.53. The second kappa shape index (κ2) is 11.3. The van der Waals surface area contributed by atoms with Crippen LogP contribution in [0.15, 0.2) is 60.8 Å². The maximum atomic E-state index is 13.1. The van der Waals surface area contributed by atoms with E-state index >= 15 is 0 Å². The summed E-state index contributed by atoms with van der Waals surface area (Å²) in [6.45, 7) is 3.26. The highest BCUT2D eigenvalue weighted by molar-refractivity contribution is 7.22. The van der Waals surface area contributed by atoms with Crippen LogP contribution in [0, 0.1) is 0 Å². The summed E-state index contributed by atoms with van der Waals surface area (Å²) in [5.41, 5.74) is 3.19. The van der Waals surface area contributed by atoms with Crippen molar-refractivity contribution >= 4 is 32.6 Å². The van der Waals surface area contributed by atoms with Gasteiger partial charge in [-0.3, -0.25) is 9.78 Å². The molecule has 1 aliphatic heterocycles. The molecule has 6 rings (SSSR count). The fourth-order valence-electron chi connectivity index (χ4n) is 5.24. The molecule has 2 aromatic heterocycles. The first-order valence-corrected chi connectivity index (χ1v) is 14.4. The highest BCUT2D eigenvalue weighted by Gasteiger charge is 2.24. The van der Waals surface area contributed by atoms with Crippen molar-refractivity contribution in [3.05, 3.63) is 66.4 Å². The Morgan fingerprint density at radius 2 is 1.85 bits per heavy atom. The standard InChI is InChI=1S/C30H33N5O3S/c1-34-13-15-35(16-14-34)29(37)21-6-4-5-20(17-21)26-18-23(11-12-31-26)38-22-9-10-25-28(19-22)39-30(33-25)32-24-7-2-3-8-27(24)36/h4-6,9-12,17-19,24,27,36H,2-3,7-8,13-16H2,1H3,(H,32,33)/t24-,27-/m1/s1. The van der Waals surface area contributed by atoms with Gasteiger partial charge in [-0.2, -0.15) is 0 Å². The molecule has 2 aliphatic rings. The van der Waals surface area contributed by atoms with Gasteiger partial charge in [-0.05, 0) is 50.2 Å². The van der Waals surface area contributed by atoms with Gasteiger partial charge < -0.3 is 25.0 Å². The number of nitrogens with zero attached hydrogens (tertiary/aromatic N) is 4. The Labute approximate surface area is 232 Å². The number of aliphatic hydroxyl groups is 1. The molecule has 0 bridgehead atoms. The van der Waals surface area contributed by atoms with Crippen LogP contribution >= 0.6 is 11.3 Å². The number of carbonyl (C=O) groups excluding carboxylic acids is 1. The van der Waals surface area contributed by atoms with E-state index in [9.17, 15) is 9.90 Å². The Morgan fingerprint density at radius 3 is 2.69 bits per heavy atom. The lowest BCUT2D eigenvalue weighted by molar-refractivity contribution is 0.0664. The van der Waals surface area contributed by atoms with E-state index in [1.165, 1.54) is 0 Å². The molecule has 3 heterocycles. The maximum Gasteiger partial charge on any atom is 0.253 e. The van der Waals surface area contributed by atoms with Crippen LogP contribution in [0.5, 0.6) is 11.5 Å². The van der Waals surface area contributed by atoms with Crippen molar-refractivity contribution < 1.29 is 14.6 Å². The third kappa shape index (κ3) is 5.90. The molecule has 39 heavy (non-hydrogen) atoms. The van der Waals surface area contributed by atoms with Gasteiger partial charge in [0, 0.05) is 55.6 Å². The Balaban J connectivity index is 1.16. The zero-order valence-corrected chi connectivity index (χ0v) is 22.9. The van der Waals surface area contributed by atoms with Crippen LogP contribution in [0.3, 0.4) is 0 Å². The molecule has 2 atom stereocenters. The van der Waals surface area contributed by atoms with Crippen molar-refractivity contribution in [3.8, 4) is 22.8 Å². The van der Waals surface area contributed by atoms with Crippen LogP contribution in [-0.2, 0) is 0 Å². The third-order valence-electron chi connectivity index (χ3n) is 7.56. The summed E-state index contributed by atoms with van der Waals surface area (Å²) in [7, 11) is 2.08. The highest BCUT2D eigenvalue weighted by atomic mass is 32.1. The second-order valence-electron chi connectivity index (χ2n) is 10.4. The van der Waals surface area contributed by atoms with Gasteiger partial charge in [0.05, 0.1) is 28.1 Å². The number of aliphatic hydroxyl groups excluding tert-OH is 1. The van der Waals surface area contributed by atoms with Crippen LogP contribution < -0.4 is 10.1 Å². The molecule has 8 nitrogen and oxygen atoms in total. The number of ether oxygens (including phenoxy) is 1. The van der Waals surface area contributed by atoms with E-state index in [0.29, 0.717) is 17.1 Å². The fourth-order valence-corrected chi connectivity index (χ4v) is 6.20. The van der Waals surface area contributed by atoms with E-state index in [2.05, 4.69) is 22.2 Å². The van der Waals surface area contributed by atoms with Gasteiger partial charge >= 0.3 is 0 Å². The minimum Gasteiger partial charge on any atom is -0.457 e. The number of pyridine rings is 1. The van der Waals surface area contributed by atoms with E-state index in [0.717, 1.165) is 78.5 Å². The SMILES string of the molecule is CN1CCN(C(=O)c2cccc(-c3cc(Oc4ccc5nc(N[C@@H]6CCCC[C@H]6O)sc5c4)ccn3)c2)CC1. The average Bonchev–Trinajstić information content (AvgIpc) is 3.36. The minimum atomic E-state index is -0.323. The maximum absolute atomic E-state index is 13.1. The number of nitrogens with one attached hydrogen (secondary N) is 1. The van der Waals surface area contributed by atoms with Crippen LogP contribution in [0.4, 0.5) is 5.13 Å². The molecule has 4 aromatic rings. The third-order valence-corrected chi connectivity index (χ3v) is 8.51. The molecule has 2 aromatic carbocycles. The number of thiazole rings is 1. The number of hydrogen-bond acceptors (Lipinski definition) is 8. The fraction of sp³-hybridized carbons (Fsp3) is 0.367. The summed E-state index contributed by atoms with van der Waals surface area (Å²) < 4.78 is 7.22. The number of fused-ring (bicyclic) bond motifs is 1. The molecule has 2 fully saturated rings. The van der Waals surface area contributed by atoms with Crippen molar-refractivity contribution in [2.24, 2.45) is 0 Å². The van der Waals surface area contributed by atoms with Gasteiger partial charge in [0.2, 0.25) is 0 Å². The first-order valence-electron chi connectivity index (χ1n) is 13.6. The molecular formula is C30H33N5O3S. The Bertz CT molecular complexity index is 1470. The normalized spacial score (nSPS) is 20.2. The second-order valence-corrected chi connectivity index (χ2v) is 11.4. The minimum absolute atomic E-state index is 0.0561. The summed E-state index contributed by atoms with van der Waals surface area (Å²) in [5.74, 6) is 1.44. The number of piperazine rings is 1. The molecule has 0 unspecified atom stereocenters. The molecule has 0 radical (unpaired) electrons. The lowest BCUT2D eigenvalue weighted by atomic mass is 9.93. The van der Waals surface area contributed by atoms with Crippen LogP contribution in [0.25, 0.3) is 21.5 Å².